The molecule has 0 saturated carbocycles. The van der Waals surface area contributed by atoms with Crippen molar-refractivity contribution in [2.45, 2.75) is 0 Å². The van der Waals surface area contributed by atoms with Crippen LogP contribution in [-0.2, 0) is 0 Å². The van der Waals surface area contributed by atoms with Crippen molar-refractivity contribution in [1.82, 2.24) is 5.16 Å². The van der Waals surface area contributed by atoms with E-state index in [2.05, 4.69) is 15.0 Å². The molecule has 1 aromatic heterocycles. The number of anilines is 2. The van der Waals surface area contributed by atoms with Crippen LogP contribution in [0.25, 0.3) is 0 Å². The van der Waals surface area contributed by atoms with Gasteiger partial charge in [-0.2, -0.15) is 0 Å². The minimum absolute atomic E-state index is 0.155. The molecule has 3 N–H and O–H groups in total. The van der Waals surface area contributed by atoms with E-state index in [1.54, 1.807) is 0 Å². The Bertz CT molecular complexity index is 555. The highest BCUT2D eigenvalue weighted by molar-refractivity contribution is 6.07. The van der Waals surface area contributed by atoms with Gasteiger partial charge in [-0.1, -0.05) is 5.16 Å². The van der Waals surface area contributed by atoms with Gasteiger partial charge < -0.3 is 15.6 Å². The third kappa shape index (κ3) is 2.22. The SMILES string of the molecule is Nc1cc(F)c(F)cc1C(=O)Nc1cnoc1. The summed E-state index contributed by atoms with van der Waals surface area (Å²) in [6.45, 7) is 0. The highest BCUT2D eigenvalue weighted by atomic mass is 19.2. The lowest BCUT2D eigenvalue weighted by Gasteiger charge is -2.05. The zero-order valence-corrected chi connectivity index (χ0v) is 8.41. The normalized spacial score (nSPS) is 10.2. The van der Waals surface area contributed by atoms with E-state index in [-0.39, 0.29) is 11.3 Å². The molecular weight excluding hydrogens is 232 g/mol. The number of nitrogen functional groups attached to an aromatic ring is 1. The molecule has 1 heterocycles. The molecule has 0 atom stereocenters. The second-order valence-corrected chi connectivity index (χ2v) is 3.22. The van der Waals surface area contributed by atoms with E-state index in [0.29, 0.717) is 5.69 Å². The first kappa shape index (κ1) is 11.1. The minimum atomic E-state index is -1.14. The Morgan fingerprint density at radius 2 is 2.06 bits per heavy atom. The summed E-state index contributed by atoms with van der Waals surface area (Å²) >= 11 is 0. The first-order chi connectivity index (χ1) is 8.08. The highest BCUT2D eigenvalue weighted by Crippen LogP contribution is 2.18. The molecule has 0 aliphatic heterocycles. The van der Waals surface area contributed by atoms with Crippen LogP contribution in [0.3, 0.4) is 0 Å². The van der Waals surface area contributed by atoms with Crippen LogP contribution in [0.5, 0.6) is 0 Å². The van der Waals surface area contributed by atoms with Gasteiger partial charge in [0.2, 0.25) is 0 Å². The van der Waals surface area contributed by atoms with Crippen LogP contribution in [0.15, 0.2) is 29.1 Å². The zero-order valence-electron chi connectivity index (χ0n) is 8.41. The van der Waals surface area contributed by atoms with Crippen molar-refractivity contribution in [1.29, 1.82) is 0 Å². The van der Waals surface area contributed by atoms with Gasteiger partial charge in [0.05, 0.1) is 11.8 Å². The Kier molecular flexibility index (Phi) is 2.73. The molecule has 7 heteroatoms. The van der Waals surface area contributed by atoms with Crippen LogP contribution in [0, 0.1) is 11.6 Å². The van der Waals surface area contributed by atoms with E-state index in [4.69, 9.17) is 5.73 Å². The molecule has 88 valence electrons. The van der Waals surface area contributed by atoms with Crippen LogP contribution < -0.4 is 11.1 Å². The monoisotopic (exact) mass is 239 g/mol. The summed E-state index contributed by atoms with van der Waals surface area (Å²) in [4.78, 5) is 11.6. The van der Waals surface area contributed by atoms with Crippen LogP contribution in [0.4, 0.5) is 20.2 Å². The average molecular weight is 239 g/mol. The largest absolute Gasteiger partial charge is 0.398 e. The maximum absolute atomic E-state index is 13.0. The molecular formula is C10H7F2N3O2. The summed E-state index contributed by atoms with van der Waals surface area (Å²) in [6, 6.07) is 1.48. The number of nitrogens with one attached hydrogen (secondary N) is 1. The van der Waals surface area contributed by atoms with Gasteiger partial charge >= 0.3 is 0 Å². The van der Waals surface area contributed by atoms with Gasteiger partial charge in [0, 0.05) is 11.8 Å². The van der Waals surface area contributed by atoms with Crippen LogP contribution in [0.1, 0.15) is 10.4 Å². The number of halogens is 2. The number of carbonyl (C=O) groups is 1. The number of rotatable bonds is 2. The van der Waals surface area contributed by atoms with Gasteiger partial charge in [-0.05, 0) is 6.07 Å². The molecule has 0 radical (unpaired) electrons. The molecule has 5 nitrogen and oxygen atoms in total. The molecule has 0 saturated heterocycles. The number of hydrogen-bond donors (Lipinski definition) is 2. The summed E-state index contributed by atoms with van der Waals surface area (Å²) in [5.41, 5.74) is 5.39. The summed E-state index contributed by atoms with van der Waals surface area (Å²) in [7, 11) is 0. The molecule has 1 aromatic carbocycles. The van der Waals surface area contributed by atoms with Crippen LogP contribution in [-0.4, -0.2) is 11.1 Å². The molecule has 17 heavy (non-hydrogen) atoms. The van der Waals surface area contributed by atoms with E-state index < -0.39 is 17.5 Å². The topological polar surface area (TPSA) is 81.2 Å². The Hall–Kier alpha value is -2.44. The number of nitrogens with zero attached hydrogens (tertiary/aromatic N) is 1. The van der Waals surface area contributed by atoms with Crippen LogP contribution >= 0.6 is 0 Å². The van der Waals surface area contributed by atoms with Gasteiger partial charge in [0.15, 0.2) is 11.6 Å². The third-order valence-corrected chi connectivity index (χ3v) is 2.03. The zero-order chi connectivity index (χ0) is 12.4. The van der Waals surface area contributed by atoms with E-state index in [1.807, 2.05) is 0 Å². The number of carbonyl (C=O) groups excluding carboxylic acids is 1. The second-order valence-electron chi connectivity index (χ2n) is 3.22. The molecule has 1 amide bonds. The number of nitrogens with two attached hydrogens (primary N) is 1. The lowest BCUT2D eigenvalue weighted by atomic mass is 10.1. The highest BCUT2D eigenvalue weighted by Gasteiger charge is 2.14. The third-order valence-electron chi connectivity index (χ3n) is 2.03. The number of amides is 1. The maximum Gasteiger partial charge on any atom is 0.257 e. The van der Waals surface area contributed by atoms with Crippen molar-refractivity contribution < 1.29 is 18.1 Å². The molecule has 0 fully saturated rings. The Morgan fingerprint density at radius 3 is 2.71 bits per heavy atom. The fourth-order valence-electron chi connectivity index (χ4n) is 1.22. The summed E-state index contributed by atoms with van der Waals surface area (Å²) in [5.74, 6) is -2.93. The standard InChI is InChI=1S/C10H7F2N3O2/c11-7-1-6(9(13)2-8(7)12)10(16)15-5-3-14-17-4-5/h1-4H,13H2,(H,15,16). The Balaban J connectivity index is 2.28. The number of hydrogen-bond acceptors (Lipinski definition) is 4. The fraction of sp³-hybridized carbons (Fsp3) is 0. The van der Waals surface area contributed by atoms with Crippen molar-refractivity contribution in [3.05, 3.63) is 41.8 Å². The van der Waals surface area contributed by atoms with E-state index >= 15 is 0 Å². The first-order valence-corrected chi connectivity index (χ1v) is 4.53. The molecule has 0 unspecified atom stereocenters. The lowest BCUT2D eigenvalue weighted by Crippen LogP contribution is -2.14. The predicted molar refractivity (Wildman–Crippen MR) is 55.2 cm³/mol. The average Bonchev–Trinajstić information content (AvgIpc) is 2.76. The Morgan fingerprint density at radius 1 is 1.35 bits per heavy atom. The molecule has 0 bridgehead atoms. The van der Waals surface area contributed by atoms with Crippen molar-refractivity contribution in [3.8, 4) is 0 Å². The minimum Gasteiger partial charge on any atom is -0.398 e. The smallest absolute Gasteiger partial charge is 0.257 e. The first-order valence-electron chi connectivity index (χ1n) is 4.53. The van der Waals surface area contributed by atoms with E-state index in [1.165, 1.54) is 12.5 Å². The van der Waals surface area contributed by atoms with Gasteiger partial charge in [0.25, 0.3) is 5.91 Å². The summed E-state index contributed by atoms with van der Waals surface area (Å²) < 4.78 is 30.2. The summed E-state index contributed by atoms with van der Waals surface area (Å²) in [5, 5.41) is 5.73. The molecule has 2 aromatic rings. The van der Waals surface area contributed by atoms with E-state index in [0.717, 1.165) is 12.1 Å². The van der Waals surface area contributed by atoms with Gasteiger partial charge in [-0.3, -0.25) is 4.79 Å². The molecule has 0 spiro atoms. The van der Waals surface area contributed by atoms with Gasteiger partial charge in [0.1, 0.15) is 12.0 Å². The van der Waals surface area contributed by atoms with Crippen molar-refractivity contribution in [3.63, 3.8) is 0 Å². The second kappa shape index (κ2) is 4.20. The quantitative estimate of drug-likeness (QED) is 0.783. The van der Waals surface area contributed by atoms with E-state index in [9.17, 15) is 13.6 Å². The number of aromatic nitrogens is 1. The van der Waals surface area contributed by atoms with Crippen molar-refractivity contribution in [2.75, 3.05) is 11.1 Å². The molecule has 0 aliphatic rings. The maximum atomic E-state index is 13.0. The van der Waals surface area contributed by atoms with Gasteiger partial charge in [-0.15, -0.1) is 0 Å². The molecule has 0 aliphatic carbocycles. The van der Waals surface area contributed by atoms with Gasteiger partial charge in [-0.25, -0.2) is 8.78 Å². The molecule has 2 rings (SSSR count). The summed E-state index contributed by atoms with van der Waals surface area (Å²) in [6.07, 6.45) is 2.45. The fourth-order valence-corrected chi connectivity index (χ4v) is 1.22. The van der Waals surface area contributed by atoms with Crippen LogP contribution in [0.2, 0.25) is 0 Å². The Labute approximate surface area is 94.2 Å². The number of benzene rings is 1. The van der Waals surface area contributed by atoms with Crippen molar-refractivity contribution >= 4 is 17.3 Å². The van der Waals surface area contributed by atoms with Crippen molar-refractivity contribution in [2.24, 2.45) is 0 Å². The predicted octanol–water partition coefficient (Wildman–Crippen LogP) is 1.79. The lowest BCUT2D eigenvalue weighted by molar-refractivity contribution is 0.102.